The van der Waals surface area contributed by atoms with Crippen LogP contribution in [0.5, 0.6) is 0 Å². The van der Waals surface area contributed by atoms with E-state index in [1.54, 1.807) is 0 Å². The van der Waals surface area contributed by atoms with E-state index in [1.165, 1.54) is 38.0 Å². The van der Waals surface area contributed by atoms with Gasteiger partial charge in [-0.2, -0.15) is 0 Å². The minimum Gasteiger partial charge on any atom is -0.311 e. The Morgan fingerprint density at radius 1 is 1.29 bits per heavy atom. The largest absolute Gasteiger partial charge is 0.311 e. The van der Waals surface area contributed by atoms with Gasteiger partial charge in [-0.25, -0.2) is 0 Å². The van der Waals surface area contributed by atoms with Crippen molar-refractivity contribution in [1.29, 1.82) is 0 Å². The molecule has 1 aliphatic rings. The number of hydrogen-bond donors (Lipinski definition) is 1. The zero-order valence-electron chi connectivity index (χ0n) is 13.6. The number of likely N-dealkylation sites (tertiary alicyclic amines) is 1. The molecule has 3 unspecified atom stereocenters. The first kappa shape index (κ1) is 16.8. The highest BCUT2D eigenvalue weighted by atomic mass is 35.5. The molecule has 0 radical (unpaired) electrons. The Morgan fingerprint density at radius 2 is 2.00 bits per heavy atom. The molecule has 2 nitrogen and oxygen atoms in total. The van der Waals surface area contributed by atoms with Crippen molar-refractivity contribution in [3.63, 3.8) is 0 Å². The summed E-state index contributed by atoms with van der Waals surface area (Å²) in [5.41, 5.74) is 1.35. The summed E-state index contributed by atoms with van der Waals surface area (Å²) < 4.78 is 0. The zero-order chi connectivity index (χ0) is 15.2. The molecule has 0 aromatic heterocycles. The fourth-order valence-electron chi connectivity index (χ4n) is 3.40. The van der Waals surface area contributed by atoms with Gasteiger partial charge in [0, 0.05) is 23.7 Å². The van der Waals surface area contributed by atoms with E-state index in [2.05, 4.69) is 43.1 Å². The molecule has 1 saturated heterocycles. The lowest BCUT2D eigenvalue weighted by molar-refractivity contribution is 0.153. The van der Waals surface area contributed by atoms with Gasteiger partial charge in [0.2, 0.25) is 0 Å². The second-order valence-electron chi connectivity index (χ2n) is 6.48. The van der Waals surface area contributed by atoms with Gasteiger partial charge in [-0.3, -0.25) is 0 Å². The Bertz CT molecular complexity index is 418. The van der Waals surface area contributed by atoms with Crippen molar-refractivity contribution in [2.24, 2.45) is 5.92 Å². The van der Waals surface area contributed by atoms with Crippen LogP contribution in [0.2, 0.25) is 5.02 Å². The van der Waals surface area contributed by atoms with Crippen molar-refractivity contribution >= 4 is 11.6 Å². The third-order valence-electron chi connectivity index (χ3n) is 4.70. The molecule has 118 valence electrons. The maximum absolute atomic E-state index is 5.94. The Labute approximate surface area is 134 Å². The van der Waals surface area contributed by atoms with Crippen molar-refractivity contribution in [3.05, 3.63) is 34.9 Å². The number of hydrogen-bond acceptors (Lipinski definition) is 2. The summed E-state index contributed by atoms with van der Waals surface area (Å²) in [5, 5.41) is 4.61. The molecule has 2 rings (SSSR count). The predicted octanol–water partition coefficient (Wildman–Crippen LogP) is 3.98. The molecule has 3 heteroatoms. The summed E-state index contributed by atoms with van der Waals surface area (Å²) in [5.74, 6) is 0.784. The molecule has 0 aliphatic carbocycles. The number of halogens is 1. The van der Waals surface area contributed by atoms with Gasteiger partial charge in [-0.1, -0.05) is 30.7 Å². The van der Waals surface area contributed by atoms with Gasteiger partial charge >= 0.3 is 0 Å². The summed E-state index contributed by atoms with van der Waals surface area (Å²) in [6, 6.07) is 9.30. The highest BCUT2D eigenvalue weighted by Crippen LogP contribution is 2.20. The van der Waals surface area contributed by atoms with Crippen LogP contribution in [0.1, 0.15) is 39.2 Å². The van der Waals surface area contributed by atoms with E-state index in [9.17, 15) is 0 Å². The second-order valence-corrected chi connectivity index (χ2v) is 6.92. The van der Waals surface area contributed by atoms with Crippen LogP contribution in [0.15, 0.2) is 24.3 Å². The average molecular weight is 309 g/mol. The smallest absolute Gasteiger partial charge is 0.0406 e. The van der Waals surface area contributed by atoms with Gasteiger partial charge in [0.1, 0.15) is 0 Å². The molecule has 1 fully saturated rings. The monoisotopic (exact) mass is 308 g/mol. The summed E-state index contributed by atoms with van der Waals surface area (Å²) in [7, 11) is 0. The van der Waals surface area contributed by atoms with E-state index in [1.807, 2.05) is 12.1 Å². The summed E-state index contributed by atoms with van der Waals surface area (Å²) in [6.07, 6.45) is 3.76. The van der Waals surface area contributed by atoms with Crippen molar-refractivity contribution in [2.75, 3.05) is 19.6 Å². The van der Waals surface area contributed by atoms with Crippen LogP contribution in [0.25, 0.3) is 0 Å². The molecule has 1 heterocycles. The van der Waals surface area contributed by atoms with Crippen molar-refractivity contribution in [1.82, 2.24) is 10.2 Å². The highest BCUT2D eigenvalue weighted by molar-refractivity contribution is 6.30. The number of nitrogens with zero attached hydrogens (tertiary/aromatic N) is 1. The van der Waals surface area contributed by atoms with Gasteiger partial charge in [-0.15, -0.1) is 0 Å². The van der Waals surface area contributed by atoms with Gasteiger partial charge in [0.15, 0.2) is 0 Å². The van der Waals surface area contributed by atoms with Crippen molar-refractivity contribution in [2.45, 2.75) is 52.1 Å². The van der Waals surface area contributed by atoms with Crippen LogP contribution in [-0.2, 0) is 6.42 Å². The van der Waals surface area contributed by atoms with Crippen LogP contribution < -0.4 is 5.32 Å². The van der Waals surface area contributed by atoms with Crippen LogP contribution >= 0.6 is 11.6 Å². The molecule has 1 N–H and O–H groups in total. The molecule has 21 heavy (non-hydrogen) atoms. The van der Waals surface area contributed by atoms with Crippen molar-refractivity contribution in [3.8, 4) is 0 Å². The molecule has 0 bridgehead atoms. The van der Waals surface area contributed by atoms with Crippen LogP contribution in [0.3, 0.4) is 0 Å². The molecular weight excluding hydrogens is 280 g/mol. The van der Waals surface area contributed by atoms with E-state index >= 15 is 0 Å². The van der Waals surface area contributed by atoms with Crippen LogP contribution in [-0.4, -0.2) is 36.6 Å². The molecule has 1 aromatic carbocycles. The first-order chi connectivity index (χ1) is 10.1. The Morgan fingerprint density at radius 3 is 2.67 bits per heavy atom. The Kier molecular flexibility index (Phi) is 6.53. The lowest BCUT2D eigenvalue weighted by Crippen LogP contribution is -2.47. The second kappa shape index (κ2) is 8.17. The SMILES string of the molecule is CCN1CCCC(C(C)NC(C)Cc2ccc(Cl)cc2)C1. The van der Waals surface area contributed by atoms with Crippen molar-refractivity contribution < 1.29 is 0 Å². The molecule has 1 aromatic rings. The molecular formula is C18H29ClN2. The highest BCUT2D eigenvalue weighted by Gasteiger charge is 2.24. The Hall–Kier alpha value is -0.570. The summed E-state index contributed by atoms with van der Waals surface area (Å²) in [4.78, 5) is 2.58. The third-order valence-corrected chi connectivity index (χ3v) is 4.95. The van der Waals surface area contributed by atoms with E-state index in [-0.39, 0.29) is 0 Å². The maximum Gasteiger partial charge on any atom is 0.0406 e. The topological polar surface area (TPSA) is 15.3 Å². The quantitative estimate of drug-likeness (QED) is 0.855. The van der Waals surface area contributed by atoms with Crippen LogP contribution in [0.4, 0.5) is 0 Å². The number of rotatable bonds is 6. The van der Waals surface area contributed by atoms with E-state index in [4.69, 9.17) is 11.6 Å². The van der Waals surface area contributed by atoms with Gasteiger partial charge in [0.25, 0.3) is 0 Å². The fourth-order valence-corrected chi connectivity index (χ4v) is 3.53. The van der Waals surface area contributed by atoms with Gasteiger partial charge in [-0.05, 0) is 69.8 Å². The minimum absolute atomic E-state index is 0.498. The molecule has 0 amide bonds. The molecule has 3 atom stereocenters. The Balaban J connectivity index is 1.81. The number of piperidine rings is 1. The molecule has 0 saturated carbocycles. The number of benzene rings is 1. The normalized spacial score (nSPS) is 23.0. The lowest BCUT2D eigenvalue weighted by Gasteiger charge is -2.36. The van der Waals surface area contributed by atoms with Gasteiger partial charge in [0.05, 0.1) is 0 Å². The van der Waals surface area contributed by atoms with E-state index in [0.717, 1.165) is 17.4 Å². The van der Waals surface area contributed by atoms with E-state index < -0.39 is 0 Å². The van der Waals surface area contributed by atoms with E-state index in [0.29, 0.717) is 12.1 Å². The third kappa shape index (κ3) is 5.28. The summed E-state index contributed by atoms with van der Waals surface area (Å²) >= 11 is 5.94. The molecule has 0 spiro atoms. The first-order valence-corrected chi connectivity index (χ1v) is 8.69. The fraction of sp³-hybridized carbons (Fsp3) is 0.667. The zero-order valence-corrected chi connectivity index (χ0v) is 14.4. The summed E-state index contributed by atoms with van der Waals surface area (Å²) in [6.45, 7) is 10.6. The predicted molar refractivity (Wildman–Crippen MR) is 92.1 cm³/mol. The average Bonchev–Trinajstić information content (AvgIpc) is 2.49. The lowest BCUT2D eigenvalue weighted by atomic mass is 9.91. The molecule has 1 aliphatic heterocycles. The minimum atomic E-state index is 0.498. The van der Waals surface area contributed by atoms with Gasteiger partial charge < -0.3 is 10.2 Å². The standard InChI is InChI=1S/C18H29ClN2/c1-4-21-11-5-6-17(13-21)15(3)20-14(2)12-16-7-9-18(19)10-8-16/h7-10,14-15,17,20H,4-6,11-13H2,1-3H3. The first-order valence-electron chi connectivity index (χ1n) is 8.31. The number of nitrogens with one attached hydrogen (secondary N) is 1. The maximum atomic E-state index is 5.94. The van der Waals surface area contributed by atoms with Crippen LogP contribution in [0, 0.1) is 5.92 Å².